The summed E-state index contributed by atoms with van der Waals surface area (Å²) in [6.07, 6.45) is 6.00. The SMILES string of the molecule is COc1ccc(N2Cc3ccc(C=NO)cc3C2=O)cc1OC1CCCC1. The molecule has 140 valence electrons. The summed E-state index contributed by atoms with van der Waals surface area (Å²) in [6.45, 7) is 0.500. The first-order valence-electron chi connectivity index (χ1n) is 9.16. The zero-order chi connectivity index (χ0) is 18.8. The molecule has 1 aliphatic carbocycles. The highest BCUT2D eigenvalue weighted by Crippen LogP contribution is 2.37. The topological polar surface area (TPSA) is 71.4 Å². The third kappa shape index (κ3) is 3.35. The fourth-order valence-electron chi connectivity index (χ4n) is 3.79. The Kier molecular flexibility index (Phi) is 4.71. The monoisotopic (exact) mass is 366 g/mol. The fourth-order valence-corrected chi connectivity index (χ4v) is 3.79. The van der Waals surface area contributed by atoms with Crippen molar-refractivity contribution in [3.8, 4) is 11.5 Å². The molecule has 0 atom stereocenters. The Labute approximate surface area is 158 Å². The van der Waals surface area contributed by atoms with Crippen LogP contribution in [0.5, 0.6) is 11.5 Å². The normalized spacial score (nSPS) is 16.9. The number of hydrogen-bond donors (Lipinski definition) is 1. The minimum absolute atomic E-state index is 0.0739. The molecule has 0 aromatic heterocycles. The Morgan fingerprint density at radius 3 is 2.70 bits per heavy atom. The van der Waals surface area contributed by atoms with Crippen LogP contribution in [0, 0.1) is 0 Å². The molecular formula is C21H22N2O4. The highest BCUT2D eigenvalue weighted by molar-refractivity contribution is 6.10. The molecule has 1 heterocycles. The molecule has 2 aliphatic rings. The molecule has 6 nitrogen and oxygen atoms in total. The van der Waals surface area contributed by atoms with Crippen LogP contribution in [0.15, 0.2) is 41.6 Å². The van der Waals surface area contributed by atoms with Crippen LogP contribution in [-0.4, -0.2) is 30.5 Å². The average molecular weight is 366 g/mol. The van der Waals surface area contributed by atoms with Crippen LogP contribution in [0.25, 0.3) is 0 Å². The van der Waals surface area contributed by atoms with Crippen molar-refractivity contribution in [2.45, 2.75) is 38.3 Å². The zero-order valence-corrected chi connectivity index (χ0v) is 15.2. The second-order valence-electron chi connectivity index (χ2n) is 6.91. The lowest BCUT2D eigenvalue weighted by Gasteiger charge is -2.20. The number of nitrogens with zero attached hydrogens (tertiary/aromatic N) is 2. The van der Waals surface area contributed by atoms with Gasteiger partial charge in [0.25, 0.3) is 5.91 Å². The Bertz CT molecular complexity index is 888. The first-order chi connectivity index (χ1) is 13.2. The van der Waals surface area contributed by atoms with E-state index in [4.69, 9.17) is 14.7 Å². The average Bonchev–Trinajstić information content (AvgIpc) is 3.30. The van der Waals surface area contributed by atoms with Crippen molar-refractivity contribution in [1.82, 2.24) is 0 Å². The van der Waals surface area contributed by atoms with Crippen LogP contribution >= 0.6 is 0 Å². The van der Waals surface area contributed by atoms with Gasteiger partial charge in [0.2, 0.25) is 0 Å². The van der Waals surface area contributed by atoms with Crippen molar-refractivity contribution >= 4 is 17.8 Å². The van der Waals surface area contributed by atoms with Gasteiger partial charge in [-0.1, -0.05) is 17.3 Å². The number of benzene rings is 2. The largest absolute Gasteiger partial charge is 0.493 e. The summed E-state index contributed by atoms with van der Waals surface area (Å²) in [5, 5.41) is 11.7. The van der Waals surface area contributed by atoms with E-state index >= 15 is 0 Å². The number of fused-ring (bicyclic) bond motifs is 1. The second-order valence-corrected chi connectivity index (χ2v) is 6.91. The summed E-state index contributed by atoms with van der Waals surface area (Å²) in [5.74, 6) is 1.28. The molecule has 4 rings (SSSR count). The Morgan fingerprint density at radius 1 is 1.15 bits per heavy atom. The van der Waals surface area contributed by atoms with Crippen molar-refractivity contribution in [3.05, 3.63) is 53.1 Å². The van der Waals surface area contributed by atoms with Gasteiger partial charge in [-0.15, -0.1) is 0 Å². The van der Waals surface area contributed by atoms with Gasteiger partial charge in [0.05, 0.1) is 26.0 Å². The number of hydrogen-bond acceptors (Lipinski definition) is 5. The van der Waals surface area contributed by atoms with Crippen LogP contribution < -0.4 is 14.4 Å². The first-order valence-corrected chi connectivity index (χ1v) is 9.16. The van der Waals surface area contributed by atoms with Crippen LogP contribution in [0.2, 0.25) is 0 Å². The van der Waals surface area contributed by atoms with Crippen LogP contribution in [0.4, 0.5) is 5.69 Å². The third-order valence-corrected chi connectivity index (χ3v) is 5.20. The quantitative estimate of drug-likeness (QED) is 0.493. The maximum atomic E-state index is 12.9. The number of rotatable bonds is 5. The van der Waals surface area contributed by atoms with Crippen LogP contribution in [0.1, 0.15) is 47.2 Å². The van der Waals surface area contributed by atoms with Crippen molar-refractivity contribution in [1.29, 1.82) is 0 Å². The van der Waals surface area contributed by atoms with E-state index in [1.54, 1.807) is 18.1 Å². The van der Waals surface area contributed by atoms with Gasteiger partial charge < -0.3 is 19.6 Å². The lowest BCUT2D eigenvalue weighted by molar-refractivity contribution is 0.0996. The summed E-state index contributed by atoms with van der Waals surface area (Å²) >= 11 is 0. The number of methoxy groups -OCH3 is 1. The molecule has 1 aliphatic heterocycles. The molecule has 2 aromatic carbocycles. The zero-order valence-electron chi connectivity index (χ0n) is 15.2. The summed E-state index contributed by atoms with van der Waals surface area (Å²) < 4.78 is 11.6. The van der Waals surface area contributed by atoms with Crippen molar-refractivity contribution in [3.63, 3.8) is 0 Å². The van der Waals surface area contributed by atoms with E-state index in [1.165, 1.54) is 19.1 Å². The predicted molar refractivity (Wildman–Crippen MR) is 102 cm³/mol. The highest BCUT2D eigenvalue weighted by Gasteiger charge is 2.29. The maximum Gasteiger partial charge on any atom is 0.258 e. The lowest BCUT2D eigenvalue weighted by Crippen LogP contribution is -2.23. The predicted octanol–water partition coefficient (Wildman–Crippen LogP) is 3.99. The van der Waals surface area contributed by atoms with E-state index in [0.717, 1.165) is 24.1 Å². The van der Waals surface area contributed by atoms with E-state index in [1.807, 2.05) is 30.3 Å². The molecule has 1 saturated carbocycles. The van der Waals surface area contributed by atoms with Crippen LogP contribution in [-0.2, 0) is 6.54 Å². The number of oxime groups is 1. The second kappa shape index (κ2) is 7.31. The van der Waals surface area contributed by atoms with Gasteiger partial charge in [-0.2, -0.15) is 0 Å². The Morgan fingerprint density at radius 2 is 1.96 bits per heavy atom. The Hall–Kier alpha value is -3.02. The minimum Gasteiger partial charge on any atom is -0.493 e. The summed E-state index contributed by atoms with van der Waals surface area (Å²) in [6, 6.07) is 11.1. The summed E-state index contributed by atoms with van der Waals surface area (Å²) in [4.78, 5) is 14.6. The van der Waals surface area contributed by atoms with E-state index in [9.17, 15) is 4.79 Å². The van der Waals surface area contributed by atoms with Gasteiger partial charge in [0.1, 0.15) is 0 Å². The number of anilines is 1. The van der Waals surface area contributed by atoms with Crippen molar-refractivity contribution < 1.29 is 19.5 Å². The minimum atomic E-state index is -0.0739. The first kappa shape index (κ1) is 17.4. The number of amides is 1. The van der Waals surface area contributed by atoms with Crippen molar-refractivity contribution in [2.24, 2.45) is 5.16 Å². The van der Waals surface area contributed by atoms with Gasteiger partial charge in [-0.05, 0) is 55.0 Å². The summed E-state index contributed by atoms with van der Waals surface area (Å²) in [5.41, 5.74) is 3.04. The molecule has 1 fully saturated rings. The fraction of sp³-hybridized carbons (Fsp3) is 0.333. The van der Waals surface area contributed by atoms with E-state index in [2.05, 4.69) is 5.16 Å². The van der Waals surface area contributed by atoms with E-state index in [-0.39, 0.29) is 12.0 Å². The van der Waals surface area contributed by atoms with Gasteiger partial charge >= 0.3 is 0 Å². The standard InChI is InChI=1S/C21H22N2O4/c1-26-19-9-8-16(11-20(19)27-17-4-2-3-5-17)23-13-15-7-6-14(12-22-25)10-18(15)21(23)24/h6-12,17,25H,2-5,13H2,1H3. The van der Waals surface area contributed by atoms with Gasteiger partial charge in [0, 0.05) is 17.3 Å². The molecule has 0 radical (unpaired) electrons. The molecule has 0 saturated heterocycles. The van der Waals surface area contributed by atoms with E-state index in [0.29, 0.717) is 29.2 Å². The maximum absolute atomic E-state index is 12.9. The van der Waals surface area contributed by atoms with Crippen molar-refractivity contribution in [2.75, 3.05) is 12.0 Å². The smallest absolute Gasteiger partial charge is 0.258 e. The van der Waals surface area contributed by atoms with E-state index < -0.39 is 0 Å². The molecule has 27 heavy (non-hydrogen) atoms. The molecule has 0 bridgehead atoms. The highest BCUT2D eigenvalue weighted by atomic mass is 16.5. The van der Waals surface area contributed by atoms with Gasteiger partial charge in [-0.3, -0.25) is 4.79 Å². The van der Waals surface area contributed by atoms with Gasteiger partial charge in [-0.25, -0.2) is 0 Å². The summed E-state index contributed by atoms with van der Waals surface area (Å²) in [7, 11) is 1.62. The molecule has 1 amide bonds. The molecular weight excluding hydrogens is 344 g/mol. The molecule has 0 unspecified atom stereocenters. The molecule has 1 N–H and O–H groups in total. The number of carbonyl (C=O) groups excluding carboxylic acids is 1. The molecule has 2 aromatic rings. The number of carbonyl (C=O) groups is 1. The third-order valence-electron chi connectivity index (χ3n) is 5.20. The molecule has 6 heteroatoms. The number of ether oxygens (including phenoxy) is 2. The van der Waals surface area contributed by atoms with Crippen LogP contribution in [0.3, 0.4) is 0 Å². The Balaban J connectivity index is 1.62. The molecule has 0 spiro atoms. The lowest BCUT2D eigenvalue weighted by atomic mass is 10.1. The van der Waals surface area contributed by atoms with Gasteiger partial charge in [0.15, 0.2) is 11.5 Å².